The first-order chi connectivity index (χ1) is 12.0. The fraction of sp³-hybridized carbons (Fsp3) is 0.500. The molecule has 134 valence electrons. The van der Waals surface area contributed by atoms with Gasteiger partial charge in [-0.1, -0.05) is 32.4 Å². The molecule has 0 saturated carbocycles. The first-order valence-electron chi connectivity index (χ1n) is 8.73. The number of likely N-dealkylation sites (tertiary alicyclic amines) is 1. The topological polar surface area (TPSA) is 88.3 Å². The van der Waals surface area contributed by atoms with Crippen LogP contribution in [-0.2, 0) is 4.79 Å². The molecule has 0 radical (unpaired) electrons. The van der Waals surface area contributed by atoms with Crippen LogP contribution in [0.1, 0.15) is 44.2 Å². The Bertz CT molecular complexity index is 742. The van der Waals surface area contributed by atoms with Crippen LogP contribution in [0.5, 0.6) is 0 Å². The summed E-state index contributed by atoms with van der Waals surface area (Å²) in [5, 5.41) is 3.60. The van der Waals surface area contributed by atoms with Gasteiger partial charge in [0, 0.05) is 6.54 Å². The van der Waals surface area contributed by atoms with E-state index in [-0.39, 0.29) is 17.9 Å². The van der Waals surface area contributed by atoms with E-state index < -0.39 is 12.1 Å². The van der Waals surface area contributed by atoms with E-state index in [1.165, 1.54) is 0 Å². The lowest BCUT2D eigenvalue weighted by molar-refractivity contribution is -0.135. The van der Waals surface area contributed by atoms with Crippen LogP contribution >= 0.6 is 11.3 Å². The highest BCUT2D eigenvalue weighted by molar-refractivity contribution is 7.18. The molecule has 6 nitrogen and oxygen atoms in total. The number of hydrogen-bond acceptors (Lipinski definition) is 4. The summed E-state index contributed by atoms with van der Waals surface area (Å²) >= 11 is 1.64. The number of hydrogen-bond donors (Lipinski definition) is 2. The zero-order valence-corrected chi connectivity index (χ0v) is 15.4. The van der Waals surface area contributed by atoms with Gasteiger partial charge in [0.05, 0.1) is 16.3 Å². The molecule has 1 fully saturated rings. The molecule has 1 aliphatic rings. The Hall–Kier alpha value is -2.15. The minimum atomic E-state index is -0.658. The van der Waals surface area contributed by atoms with Crippen molar-refractivity contribution in [2.45, 2.75) is 45.2 Å². The number of fused-ring (bicyclic) bond motifs is 1. The Morgan fingerprint density at radius 2 is 2.20 bits per heavy atom. The number of primary amides is 1. The van der Waals surface area contributed by atoms with Crippen LogP contribution in [0, 0.1) is 5.92 Å². The van der Waals surface area contributed by atoms with Crippen molar-refractivity contribution >= 4 is 33.5 Å². The standard InChI is InChI=1S/C18H24N4O2S/c1-3-11(2)15(21-18(19)24)17(23)22-10-6-8-13(22)16-20-12-7-4-5-9-14(12)25-16/h4-5,7,9,11,13,15H,3,6,8,10H2,1-2H3,(H3,19,21,24)/t11-,13-,15-/m0/s1. The molecule has 1 aromatic heterocycles. The molecule has 0 aliphatic carbocycles. The van der Waals surface area contributed by atoms with Gasteiger partial charge in [0.15, 0.2) is 0 Å². The predicted molar refractivity (Wildman–Crippen MR) is 99.3 cm³/mol. The summed E-state index contributed by atoms with van der Waals surface area (Å²) in [5.74, 6) is -0.0356. The first-order valence-corrected chi connectivity index (χ1v) is 9.54. The number of nitrogens with one attached hydrogen (secondary N) is 1. The molecule has 25 heavy (non-hydrogen) atoms. The van der Waals surface area contributed by atoms with Gasteiger partial charge >= 0.3 is 6.03 Å². The van der Waals surface area contributed by atoms with Crippen LogP contribution in [0.3, 0.4) is 0 Å². The van der Waals surface area contributed by atoms with Crippen molar-refractivity contribution in [3.05, 3.63) is 29.3 Å². The Labute approximate surface area is 151 Å². The van der Waals surface area contributed by atoms with Crippen molar-refractivity contribution in [1.82, 2.24) is 15.2 Å². The molecule has 3 atom stereocenters. The highest BCUT2D eigenvalue weighted by atomic mass is 32.1. The van der Waals surface area contributed by atoms with Crippen molar-refractivity contribution in [2.75, 3.05) is 6.54 Å². The lowest BCUT2D eigenvalue weighted by atomic mass is 9.97. The molecule has 1 aliphatic heterocycles. The number of urea groups is 1. The van der Waals surface area contributed by atoms with E-state index in [9.17, 15) is 9.59 Å². The lowest BCUT2D eigenvalue weighted by Gasteiger charge is -2.30. The maximum absolute atomic E-state index is 13.1. The number of benzene rings is 1. The smallest absolute Gasteiger partial charge is 0.312 e. The third-order valence-electron chi connectivity index (χ3n) is 4.91. The third-order valence-corrected chi connectivity index (χ3v) is 6.05. The van der Waals surface area contributed by atoms with E-state index in [0.717, 1.165) is 34.5 Å². The molecule has 1 aromatic carbocycles. The maximum atomic E-state index is 13.1. The van der Waals surface area contributed by atoms with Gasteiger partial charge in [-0.05, 0) is 30.9 Å². The van der Waals surface area contributed by atoms with E-state index >= 15 is 0 Å². The zero-order chi connectivity index (χ0) is 18.0. The second-order valence-electron chi connectivity index (χ2n) is 6.58. The number of amides is 3. The summed E-state index contributed by atoms with van der Waals surface area (Å²) in [7, 11) is 0. The Morgan fingerprint density at radius 1 is 1.44 bits per heavy atom. The van der Waals surface area contributed by atoms with Crippen LogP contribution in [0.25, 0.3) is 10.2 Å². The second kappa shape index (κ2) is 7.39. The van der Waals surface area contributed by atoms with Crippen LogP contribution in [0.4, 0.5) is 4.79 Å². The van der Waals surface area contributed by atoms with Gasteiger partial charge in [0.1, 0.15) is 11.0 Å². The molecular weight excluding hydrogens is 336 g/mol. The van der Waals surface area contributed by atoms with Gasteiger partial charge in [0.25, 0.3) is 0 Å². The molecule has 2 aromatic rings. The minimum Gasteiger partial charge on any atom is -0.352 e. The summed E-state index contributed by atoms with van der Waals surface area (Å²) < 4.78 is 1.13. The number of thiazole rings is 1. The second-order valence-corrected chi connectivity index (χ2v) is 7.64. The van der Waals surface area contributed by atoms with Gasteiger partial charge in [-0.2, -0.15) is 0 Å². The molecule has 3 rings (SSSR count). The molecule has 7 heteroatoms. The summed E-state index contributed by atoms with van der Waals surface area (Å²) in [6.07, 6.45) is 2.63. The number of carbonyl (C=O) groups is 2. The zero-order valence-electron chi connectivity index (χ0n) is 14.6. The summed E-state index contributed by atoms with van der Waals surface area (Å²) in [5.41, 5.74) is 6.26. The Balaban J connectivity index is 1.86. The quantitative estimate of drug-likeness (QED) is 0.859. The van der Waals surface area contributed by atoms with Crippen molar-refractivity contribution in [1.29, 1.82) is 0 Å². The molecule has 3 N–H and O–H groups in total. The largest absolute Gasteiger partial charge is 0.352 e. The van der Waals surface area contributed by atoms with E-state index in [2.05, 4.69) is 5.32 Å². The lowest BCUT2D eigenvalue weighted by Crippen LogP contribution is -2.52. The van der Waals surface area contributed by atoms with E-state index in [4.69, 9.17) is 10.7 Å². The van der Waals surface area contributed by atoms with E-state index in [1.807, 2.05) is 43.0 Å². The van der Waals surface area contributed by atoms with Gasteiger partial charge in [0.2, 0.25) is 5.91 Å². The van der Waals surface area contributed by atoms with Gasteiger partial charge in [-0.15, -0.1) is 11.3 Å². The summed E-state index contributed by atoms with van der Waals surface area (Å²) in [6, 6.07) is 6.75. The first kappa shape index (κ1) is 17.7. The number of nitrogens with two attached hydrogens (primary N) is 1. The number of aromatic nitrogens is 1. The number of nitrogens with zero attached hydrogens (tertiary/aromatic N) is 2. The van der Waals surface area contributed by atoms with Crippen molar-refractivity contribution < 1.29 is 9.59 Å². The molecule has 0 unspecified atom stereocenters. The van der Waals surface area contributed by atoms with Crippen molar-refractivity contribution in [3.63, 3.8) is 0 Å². The highest BCUT2D eigenvalue weighted by Gasteiger charge is 2.37. The highest BCUT2D eigenvalue weighted by Crippen LogP contribution is 2.37. The average molecular weight is 360 g/mol. The number of rotatable bonds is 5. The van der Waals surface area contributed by atoms with E-state index in [1.54, 1.807) is 11.3 Å². The Morgan fingerprint density at radius 3 is 2.88 bits per heavy atom. The van der Waals surface area contributed by atoms with Gasteiger partial charge in [-0.3, -0.25) is 4.79 Å². The normalized spacial score (nSPS) is 19.8. The number of para-hydroxylation sites is 1. The van der Waals surface area contributed by atoms with Crippen LogP contribution in [0.15, 0.2) is 24.3 Å². The Kier molecular flexibility index (Phi) is 5.22. The summed E-state index contributed by atoms with van der Waals surface area (Å²) in [6.45, 7) is 4.65. The van der Waals surface area contributed by atoms with Gasteiger partial charge in [-0.25, -0.2) is 9.78 Å². The maximum Gasteiger partial charge on any atom is 0.312 e. The monoisotopic (exact) mass is 360 g/mol. The molecule has 0 bridgehead atoms. The summed E-state index contributed by atoms with van der Waals surface area (Å²) in [4.78, 5) is 31.1. The average Bonchev–Trinajstić information content (AvgIpc) is 3.24. The van der Waals surface area contributed by atoms with Crippen molar-refractivity contribution in [2.24, 2.45) is 11.7 Å². The minimum absolute atomic E-state index is 0.0221. The fourth-order valence-corrected chi connectivity index (χ4v) is 4.45. The molecule has 0 spiro atoms. The SMILES string of the molecule is CC[C@H](C)[C@H](NC(N)=O)C(=O)N1CCC[C@H]1c1nc2ccccc2s1. The third kappa shape index (κ3) is 3.61. The van der Waals surface area contributed by atoms with Crippen LogP contribution < -0.4 is 11.1 Å². The molecule has 2 heterocycles. The molecular formula is C18H24N4O2S. The van der Waals surface area contributed by atoms with E-state index in [0.29, 0.717) is 6.54 Å². The predicted octanol–water partition coefficient (Wildman–Crippen LogP) is 3.04. The van der Waals surface area contributed by atoms with Crippen molar-refractivity contribution in [3.8, 4) is 0 Å². The number of carbonyl (C=O) groups excluding carboxylic acids is 2. The molecule has 1 saturated heterocycles. The van der Waals surface area contributed by atoms with Crippen LogP contribution in [-0.4, -0.2) is 34.4 Å². The fourth-order valence-electron chi connectivity index (χ4n) is 3.33. The molecule has 3 amide bonds. The van der Waals surface area contributed by atoms with Gasteiger partial charge < -0.3 is 16.0 Å². The van der Waals surface area contributed by atoms with Crippen LogP contribution in [0.2, 0.25) is 0 Å².